The first-order valence-electron chi connectivity index (χ1n) is 8.68. The number of nitrogens with one attached hydrogen (secondary N) is 3. The Bertz CT molecular complexity index is 1000. The van der Waals surface area contributed by atoms with E-state index in [4.69, 9.17) is 0 Å². The number of hydrogen-bond acceptors (Lipinski definition) is 6. The van der Waals surface area contributed by atoms with Gasteiger partial charge in [-0.05, 0) is 37.6 Å². The Morgan fingerprint density at radius 3 is 2.82 bits per heavy atom. The lowest BCUT2D eigenvalue weighted by Gasteiger charge is -2.11. The maximum atomic E-state index is 12.3. The van der Waals surface area contributed by atoms with Gasteiger partial charge in [0.15, 0.2) is 5.13 Å². The van der Waals surface area contributed by atoms with Crippen LogP contribution in [0.4, 0.5) is 21.3 Å². The van der Waals surface area contributed by atoms with Gasteiger partial charge in [0.1, 0.15) is 0 Å². The molecule has 0 radical (unpaired) electrons. The van der Waals surface area contributed by atoms with Gasteiger partial charge in [0.25, 0.3) is 0 Å². The molecular weight excluding hydrogens is 402 g/mol. The summed E-state index contributed by atoms with van der Waals surface area (Å²) in [6.07, 6.45) is 0.0786. The number of rotatable bonds is 7. The van der Waals surface area contributed by atoms with Gasteiger partial charge in [-0.25, -0.2) is 18.2 Å². The van der Waals surface area contributed by atoms with Gasteiger partial charge in [0.2, 0.25) is 15.9 Å². The van der Waals surface area contributed by atoms with Crippen molar-refractivity contribution in [2.24, 2.45) is 0 Å². The fourth-order valence-electron chi connectivity index (χ4n) is 2.62. The molecule has 28 heavy (non-hydrogen) atoms. The highest BCUT2D eigenvalue weighted by molar-refractivity contribution is 7.92. The lowest BCUT2D eigenvalue weighted by Crippen LogP contribution is -2.27. The Balaban J connectivity index is 1.61. The van der Waals surface area contributed by atoms with Crippen LogP contribution in [0, 0.1) is 6.92 Å². The van der Waals surface area contributed by atoms with Gasteiger partial charge >= 0.3 is 6.03 Å². The normalized spacial score (nSPS) is 14.1. The summed E-state index contributed by atoms with van der Waals surface area (Å²) in [6.45, 7) is 4.46. The molecule has 1 aromatic heterocycles. The van der Waals surface area contributed by atoms with Crippen molar-refractivity contribution in [2.75, 3.05) is 33.8 Å². The van der Waals surface area contributed by atoms with E-state index in [0.717, 1.165) is 0 Å². The maximum absolute atomic E-state index is 12.3. The highest BCUT2D eigenvalue weighted by Crippen LogP contribution is 2.23. The molecule has 0 aliphatic carbocycles. The lowest BCUT2D eigenvalue weighted by molar-refractivity contribution is -0.115. The minimum absolute atomic E-state index is 0.0142. The van der Waals surface area contributed by atoms with E-state index in [-0.39, 0.29) is 24.1 Å². The number of anilines is 3. The Morgan fingerprint density at radius 1 is 1.39 bits per heavy atom. The summed E-state index contributed by atoms with van der Waals surface area (Å²) in [4.78, 5) is 29.9. The van der Waals surface area contributed by atoms with E-state index >= 15 is 0 Å². The average Bonchev–Trinajstić information content (AvgIpc) is 3.26. The summed E-state index contributed by atoms with van der Waals surface area (Å²) in [7, 11) is -3.36. The number of thiazole rings is 1. The molecule has 0 saturated carbocycles. The van der Waals surface area contributed by atoms with Crippen LogP contribution in [0.5, 0.6) is 0 Å². The van der Waals surface area contributed by atoms with Gasteiger partial charge in [-0.1, -0.05) is 0 Å². The van der Waals surface area contributed by atoms with Gasteiger partial charge in [0, 0.05) is 24.2 Å². The number of sulfonamides is 1. The van der Waals surface area contributed by atoms with Crippen molar-refractivity contribution in [3.05, 3.63) is 34.8 Å². The van der Waals surface area contributed by atoms with E-state index < -0.39 is 10.0 Å². The highest BCUT2D eigenvalue weighted by Gasteiger charge is 2.24. The number of hydrogen-bond donors (Lipinski definition) is 3. The molecule has 0 unspecified atom stereocenters. The van der Waals surface area contributed by atoms with E-state index in [9.17, 15) is 18.0 Å². The second-order valence-electron chi connectivity index (χ2n) is 6.27. The predicted molar refractivity (Wildman–Crippen MR) is 109 cm³/mol. The van der Waals surface area contributed by atoms with Gasteiger partial charge in [-0.15, -0.1) is 11.3 Å². The molecule has 3 rings (SSSR count). The fraction of sp³-hybridized carbons (Fsp3) is 0.353. The van der Waals surface area contributed by atoms with Gasteiger partial charge in [-0.2, -0.15) is 0 Å². The number of nitrogens with zero attached hydrogens (tertiary/aromatic N) is 2. The van der Waals surface area contributed by atoms with Crippen molar-refractivity contribution >= 4 is 49.8 Å². The molecule has 0 atom stereocenters. The minimum Gasteiger partial charge on any atom is -0.336 e. The summed E-state index contributed by atoms with van der Waals surface area (Å²) < 4.78 is 25.9. The molecule has 1 fully saturated rings. The van der Waals surface area contributed by atoms with E-state index in [2.05, 4.69) is 20.3 Å². The van der Waals surface area contributed by atoms with Crippen molar-refractivity contribution in [1.29, 1.82) is 0 Å². The van der Waals surface area contributed by atoms with Crippen LogP contribution in [0.3, 0.4) is 0 Å². The second-order valence-corrected chi connectivity index (χ2v) is 9.11. The van der Waals surface area contributed by atoms with Crippen molar-refractivity contribution in [3.8, 4) is 0 Å². The van der Waals surface area contributed by atoms with Crippen LogP contribution in [0.15, 0.2) is 23.6 Å². The summed E-state index contributed by atoms with van der Waals surface area (Å²) in [5.41, 5.74) is 2.33. The molecule has 150 valence electrons. The Morgan fingerprint density at radius 2 is 2.18 bits per heavy atom. The Labute approximate surface area is 167 Å². The molecule has 2 heterocycles. The quantitative estimate of drug-likeness (QED) is 0.628. The molecule has 9 nitrogen and oxygen atoms in total. The van der Waals surface area contributed by atoms with E-state index in [1.807, 2.05) is 0 Å². The summed E-state index contributed by atoms with van der Waals surface area (Å²) in [6, 6.07) is 4.77. The van der Waals surface area contributed by atoms with E-state index in [0.29, 0.717) is 40.9 Å². The monoisotopic (exact) mass is 423 g/mol. The largest absolute Gasteiger partial charge is 0.336 e. The highest BCUT2D eigenvalue weighted by atomic mass is 32.2. The molecule has 1 aromatic carbocycles. The molecular formula is C17H21N5O4S2. The molecule has 11 heteroatoms. The van der Waals surface area contributed by atoms with Crippen LogP contribution in [-0.4, -0.2) is 44.2 Å². The standard InChI is InChI=1S/C17H21N5O4S2/c1-3-28(25,26)21-14-5-4-12(8-11(14)2)19-15(23)9-13-10-27-17(20-13)22-7-6-18-16(22)24/h4-5,8,10,21H,3,6-7,9H2,1-2H3,(H,18,24)(H,19,23). The molecule has 2 aromatic rings. The summed E-state index contributed by atoms with van der Waals surface area (Å²) >= 11 is 1.32. The molecule has 3 N–H and O–H groups in total. The van der Waals surface area contributed by atoms with Crippen LogP contribution in [0.2, 0.25) is 0 Å². The first-order chi connectivity index (χ1) is 13.3. The van der Waals surface area contributed by atoms with Crippen molar-refractivity contribution in [1.82, 2.24) is 10.3 Å². The van der Waals surface area contributed by atoms with Crippen molar-refractivity contribution in [3.63, 3.8) is 0 Å². The van der Waals surface area contributed by atoms with Crippen LogP contribution in [0.25, 0.3) is 0 Å². The molecule has 1 aliphatic heterocycles. The number of carbonyl (C=O) groups is 2. The number of benzene rings is 1. The molecule has 1 saturated heterocycles. The first-order valence-corrected chi connectivity index (χ1v) is 11.2. The average molecular weight is 424 g/mol. The fourth-order valence-corrected chi connectivity index (χ4v) is 4.18. The number of urea groups is 1. The summed E-state index contributed by atoms with van der Waals surface area (Å²) in [5.74, 6) is -0.261. The zero-order valence-corrected chi connectivity index (χ0v) is 17.1. The van der Waals surface area contributed by atoms with E-state index in [1.54, 1.807) is 42.3 Å². The lowest BCUT2D eigenvalue weighted by atomic mass is 10.2. The van der Waals surface area contributed by atoms with Crippen molar-refractivity contribution < 1.29 is 18.0 Å². The molecule has 1 aliphatic rings. The van der Waals surface area contributed by atoms with Gasteiger partial charge in [-0.3, -0.25) is 14.4 Å². The zero-order chi connectivity index (χ0) is 20.3. The third kappa shape index (κ3) is 4.78. The minimum atomic E-state index is -3.36. The van der Waals surface area contributed by atoms with E-state index in [1.165, 1.54) is 11.3 Å². The Hall–Kier alpha value is -2.66. The zero-order valence-electron chi connectivity index (χ0n) is 15.5. The van der Waals surface area contributed by atoms with Crippen molar-refractivity contribution in [2.45, 2.75) is 20.3 Å². The third-order valence-corrected chi connectivity index (χ3v) is 6.33. The second kappa shape index (κ2) is 8.15. The topological polar surface area (TPSA) is 121 Å². The summed E-state index contributed by atoms with van der Waals surface area (Å²) in [5, 5.41) is 7.82. The van der Waals surface area contributed by atoms with Crippen LogP contribution >= 0.6 is 11.3 Å². The Kier molecular flexibility index (Phi) is 5.84. The number of carbonyl (C=O) groups excluding carboxylic acids is 2. The van der Waals surface area contributed by atoms with Crippen LogP contribution < -0.4 is 20.3 Å². The smallest absolute Gasteiger partial charge is 0.323 e. The number of aryl methyl sites for hydroxylation is 1. The molecule has 0 bridgehead atoms. The molecule has 0 spiro atoms. The first kappa shape index (κ1) is 20.1. The van der Waals surface area contributed by atoms with Gasteiger partial charge in [0.05, 0.1) is 23.6 Å². The number of aromatic nitrogens is 1. The third-order valence-electron chi connectivity index (χ3n) is 4.12. The van der Waals surface area contributed by atoms with Crippen LogP contribution in [0.1, 0.15) is 18.2 Å². The van der Waals surface area contributed by atoms with Crippen LogP contribution in [-0.2, 0) is 21.2 Å². The van der Waals surface area contributed by atoms with Gasteiger partial charge < -0.3 is 10.6 Å². The SMILES string of the molecule is CCS(=O)(=O)Nc1ccc(NC(=O)Cc2csc(N3CCNC3=O)n2)cc1C. The molecule has 3 amide bonds. The predicted octanol–water partition coefficient (Wildman–Crippen LogP) is 1.92. The maximum Gasteiger partial charge on any atom is 0.323 e. The number of amides is 3.